The maximum Gasteiger partial charge on any atom is 0.248 e. The zero-order valence-corrected chi connectivity index (χ0v) is 18.8. The molecule has 0 aromatic heterocycles. The van der Waals surface area contributed by atoms with E-state index in [4.69, 9.17) is 15.2 Å². The minimum absolute atomic E-state index is 0.0394. The number of carbonyl (C=O) groups excluding carboxylic acids is 2. The van der Waals surface area contributed by atoms with Crippen LogP contribution >= 0.6 is 0 Å². The molecule has 0 radical (unpaired) electrons. The first-order valence-electron chi connectivity index (χ1n) is 10.7. The average molecular weight is 431 g/mol. The zero-order chi connectivity index (χ0) is 23.2. The highest BCUT2D eigenvalue weighted by Crippen LogP contribution is 2.60. The number of allylic oxidation sites excluding steroid dienone is 2. The summed E-state index contributed by atoms with van der Waals surface area (Å²) in [6, 6.07) is 5.77. The number of fused-ring (bicyclic) bond motifs is 2. The van der Waals surface area contributed by atoms with E-state index in [1.807, 2.05) is 39.8 Å². The normalized spacial score (nSPS) is 27.7. The summed E-state index contributed by atoms with van der Waals surface area (Å²) in [4.78, 5) is 29.6. The van der Waals surface area contributed by atoms with E-state index >= 15 is 0 Å². The number of hydrogen-bond donors (Lipinski definition) is 1. The lowest BCUT2D eigenvalue weighted by atomic mass is 9.64. The molecule has 1 spiro atoms. The van der Waals surface area contributed by atoms with Crippen molar-refractivity contribution < 1.29 is 19.1 Å². The molecule has 1 aromatic rings. The molecule has 7 heteroatoms. The Morgan fingerprint density at radius 3 is 2.66 bits per heavy atom. The van der Waals surface area contributed by atoms with Crippen LogP contribution in [0.2, 0.25) is 0 Å². The summed E-state index contributed by atoms with van der Waals surface area (Å²) in [5, 5.41) is 10.2. The molecular formula is C25H25N3O4. The van der Waals surface area contributed by atoms with Crippen LogP contribution < -0.4 is 15.4 Å². The van der Waals surface area contributed by atoms with Gasteiger partial charge in [0, 0.05) is 24.0 Å². The van der Waals surface area contributed by atoms with Gasteiger partial charge in [-0.3, -0.25) is 9.59 Å². The number of hydrogen-bond acceptors (Lipinski definition) is 6. The van der Waals surface area contributed by atoms with Crippen molar-refractivity contribution in [2.24, 2.45) is 11.7 Å². The number of ether oxygens (including phenoxy) is 2. The molecular weight excluding hydrogens is 406 g/mol. The summed E-state index contributed by atoms with van der Waals surface area (Å²) < 4.78 is 11.4. The third-order valence-electron chi connectivity index (χ3n) is 7.01. The Balaban J connectivity index is 1.97. The van der Waals surface area contributed by atoms with E-state index in [0.717, 1.165) is 11.1 Å². The van der Waals surface area contributed by atoms with E-state index in [1.54, 1.807) is 18.1 Å². The van der Waals surface area contributed by atoms with Gasteiger partial charge >= 0.3 is 0 Å². The molecule has 1 unspecified atom stereocenters. The standard InChI is InChI=1S/C25H25N3O4/c1-12-6-18(29)20-19(7-12)32-22(27)17(11-26)25(20)16-9-14(31-5)8-15-13(2)10-24(3,4)28(21(15)16)23(25)30/h8-10,12H,6-7,27H2,1-5H3/t12?,25-/m1/s1. The van der Waals surface area contributed by atoms with Crippen LogP contribution in [-0.4, -0.2) is 24.3 Å². The molecule has 0 fully saturated rings. The van der Waals surface area contributed by atoms with Crippen LogP contribution in [0.1, 0.15) is 51.7 Å². The van der Waals surface area contributed by atoms with E-state index in [9.17, 15) is 14.9 Å². The number of amides is 1. The van der Waals surface area contributed by atoms with Gasteiger partial charge in [0.15, 0.2) is 5.78 Å². The van der Waals surface area contributed by atoms with Gasteiger partial charge in [-0.2, -0.15) is 5.26 Å². The van der Waals surface area contributed by atoms with Crippen LogP contribution in [0.25, 0.3) is 5.57 Å². The topological polar surface area (TPSA) is 106 Å². The number of carbonyl (C=O) groups is 2. The SMILES string of the molecule is COc1cc2c3c(c1)[C@@]1(C(=O)N3C(C)(C)C=C2C)C(C#N)=C(N)OC2=C1C(=O)CC(C)C2. The van der Waals surface area contributed by atoms with E-state index in [2.05, 4.69) is 6.07 Å². The Kier molecular flexibility index (Phi) is 3.98. The first-order valence-corrected chi connectivity index (χ1v) is 10.7. The molecule has 0 bridgehead atoms. The lowest BCUT2D eigenvalue weighted by Gasteiger charge is -2.41. The molecule has 164 valence electrons. The number of nitriles is 1. The quantitative estimate of drug-likeness (QED) is 0.730. The fraction of sp³-hybridized carbons (Fsp3) is 0.400. The van der Waals surface area contributed by atoms with Gasteiger partial charge in [0.05, 0.1) is 23.9 Å². The number of ketones is 1. The van der Waals surface area contributed by atoms with Crippen molar-refractivity contribution in [3.8, 4) is 11.8 Å². The Labute approximate surface area is 186 Å². The fourth-order valence-electron chi connectivity index (χ4n) is 5.85. The third-order valence-corrected chi connectivity index (χ3v) is 7.01. The monoisotopic (exact) mass is 431 g/mol. The van der Waals surface area contributed by atoms with Gasteiger partial charge < -0.3 is 20.1 Å². The molecule has 4 aliphatic rings. The molecule has 2 atom stereocenters. The lowest BCUT2D eigenvalue weighted by molar-refractivity contribution is -0.125. The average Bonchev–Trinajstić information content (AvgIpc) is 2.95. The number of nitrogens with zero attached hydrogens (tertiary/aromatic N) is 2. The van der Waals surface area contributed by atoms with Crippen molar-refractivity contribution in [1.82, 2.24) is 0 Å². The molecule has 1 aromatic carbocycles. The van der Waals surface area contributed by atoms with E-state index in [0.29, 0.717) is 29.2 Å². The van der Waals surface area contributed by atoms with Crippen LogP contribution in [0, 0.1) is 17.2 Å². The number of rotatable bonds is 1. The second-order valence-electron chi connectivity index (χ2n) is 9.63. The summed E-state index contributed by atoms with van der Waals surface area (Å²) in [6.45, 7) is 7.84. The smallest absolute Gasteiger partial charge is 0.248 e. The Morgan fingerprint density at radius 2 is 2.00 bits per heavy atom. The van der Waals surface area contributed by atoms with Gasteiger partial charge in [-0.15, -0.1) is 0 Å². The maximum atomic E-state index is 14.4. The lowest BCUT2D eigenvalue weighted by Crippen LogP contribution is -2.54. The second-order valence-corrected chi connectivity index (χ2v) is 9.63. The highest BCUT2D eigenvalue weighted by Gasteiger charge is 2.65. The van der Waals surface area contributed by atoms with E-state index in [-0.39, 0.29) is 41.1 Å². The molecule has 0 saturated carbocycles. The molecule has 1 aliphatic carbocycles. The summed E-state index contributed by atoms with van der Waals surface area (Å²) in [5.41, 5.74) is 7.21. The van der Waals surface area contributed by atoms with Gasteiger partial charge in [0.1, 0.15) is 28.6 Å². The van der Waals surface area contributed by atoms with Crippen molar-refractivity contribution in [3.63, 3.8) is 0 Å². The number of Topliss-reactive ketones (excluding diaryl/α,β-unsaturated/α-hetero) is 1. The van der Waals surface area contributed by atoms with Gasteiger partial charge in [-0.25, -0.2) is 0 Å². The third kappa shape index (κ3) is 2.24. The van der Waals surface area contributed by atoms with Gasteiger partial charge in [0.2, 0.25) is 11.8 Å². The Hall–Kier alpha value is -3.53. The second kappa shape index (κ2) is 6.26. The summed E-state index contributed by atoms with van der Waals surface area (Å²) >= 11 is 0. The first-order chi connectivity index (χ1) is 15.1. The Morgan fingerprint density at radius 1 is 1.28 bits per heavy atom. The molecule has 32 heavy (non-hydrogen) atoms. The molecule has 0 saturated heterocycles. The van der Waals surface area contributed by atoms with Crippen molar-refractivity contribution in [3.05, 3.63) is 52.1 Å². The van der Waals surface area contributed by atoms with Gasteiger partial charge in [0.25, 0.3) is 0 Å². The largest absolute Gasteiger partial charge is 0.497 e. The van der Waals surface area contributed by atoms with Crippen LogP contribution in [0.4, 0.5) is 5.69 Å². The molecule has 5 rings (SSSR count). The molecule has 7 nitrogen and oxygen atoms in total. The predicted octanol–water partition coefficient (Wildman–Crippen LogP) is 3.45. The van der Waals surface area contributed by atoms with Crippen LogP contribution in [0.3, 0.4) is 0 Å². The van der Waals surface area contributed by atoms with Crippen molar-refractivity contribution in [2.75, 3.05) is 12.0 Å². The minimum Gasteiger partial charge on any atom is -0.497 e. The minimum atomic E-state index is -1.64. The van der Waals surface area contributed by atoms with Crippen molar-refractivity contribution >= 4 is 23.0 Å². The summed E-state index contributed by atoms with van der Waals surface area (Å²) in [5.74, 6) is 0.318. The highest BCUT2D eigenvalue weighted by molar-refractivity contribution is 6.22. The number of methoxy groups -OCH3 is 1. The highest BCUT2D eigenvalue weighted by atomic mass is 16.5. The van der Waals surface area contributed by atoms with Crippen LogP contribution in [-0.2, 0) is 19.7 Å². The fourth-order valence-corrected chi connectivity index (χ4v) is 5.85. The van der Waals surface area contributed by atoms with Crippen LogP contribution in [0.15, 0.2) is 41.0 Å². The molecule has 1 amide bonds. The first kappa shape index (κ1) is 20.4. The van der Waals surface area contributed by atoms with E-state index in [1.165, 1.54) is 0 Å². The van der Waals surface area contributed by atoms with Gasteiger partial charge in [-0.1, -0.05) is 13.0 Å². The molecule has 2 N–H and O–H groups in total. The number of benzene rings is 1. The van der Waals surface area contributed by atoms with Crippen molar-refractivity contribution in [2.45, 2.75) is 51.5 Å². The maximum absolute atomic E-state index is 14.4. The summed E-state index contributed by atoms with van der Waals surface area (Å²) in [7, 11) is 1.55. The number of anilines is 1. The van der Waals surface area contributed by atoms with Gasteiger partial charge in [-0.05, 0) is 44.4 Å². The zero-order valence-electron chi connectivity index (χ0n) is 18.8. The molecule has 3 heterocycles. The van der Waals surface area contributed by atoms with Crippen molar-refractivity contribution in [1.29, 1.82) is 5.26 Å². The molecule has 3 aliphatic heterocycles. The van der Waals surface area contributed by atoms with E-state index < -0.39 is 11.0 Å². The summed E-state index contributed by atoms with van der Waals surface area (Å²) in [6.07, 6.45) is 2.78. The Bertz CT molecular complexity index is 1260. The van der Waals surface area contributed by atoms with Crippen LogP contribution in [0.5, 0.6) is 5.75 Å². The number of nitrogens with two attached hydrogens (primary N) is 1. The predicted molar refractivity (Wildman–Crippen MR) is 118 cm³/mol.